The molecular formula is C7H8N2O4Te. The van der Waals surface area contributed by atoms with Gasteiger partial charge in [0.1, 0.15) is 0 Å². The van der Waals surface area contributed by atoms with Gasteiger partial charge in [0.05, 0.1) is 0 Å². The molecule has 2 heterocycles. The third kappa shape index (κ3) is 1.42. The number of carbonyl (C=O) groups excluding carboxylic acids is 1. The zero-order valence-corrected chi connectivity index (χ0v) is 9.97. The number of ether oxygens (including phenoxy) is 1. The first-order chi connectivity index (χ1) is 6.74. The van der Waals surface area contributed by atoms with Gasteiger partial charge in [-0.3, -0.25) is 0 Å². The number of nitrogens with zero attached hydrogens (tertiary/aromatic N) is 2. The third-order valence-corrected chi connectivity index (χ3v) is 5.16. The van der Waals surface area contributed by atoms with Gasteiger partial charge in [0.15, 0.2) is 0 Å². The van der Waals surface area contributed by atoms with E-state index in [1.807, 2.05) is 0 Å². The van der Waals surface area contributed by atoms with Gasteiger partial charge in [-0.15, -0.1) is 0 Å². The van der Waals surface area contributed by atoms with Gasteiger partial charge >= 0.3 is 87.5 Å². The summed E-state index contributed by atoms with van der Waals surface area (Å²) in [4.78, 5) is 11.4. The Morgan fingerprint density at radius 3 is 2.93 bits per heavy atom. The van der Waals surface area contributed by atoms with Crippen LogP contribution in [0.1, 0.15) is 13.8 Å². The van der Waals surface area contributed by atoms with Gasteiger partial charge in [0.25, 0.3) is 0 Å². The molecule has 0 amide bonds. The van der Waals surface area contributed by atoms with Gasteiger partial charge in [0.2, 0.25) is 0 Å². The first-order valence-electron chi connectivity index (χ1n) is 4.00. The van der Waals surface area contributed by atoms with Crippen molar-refractivity contribution < 1.29 is 15.9 Å². The molecule has 0 unspecified atom stereocenters. The SMILES string of the molecule is CCOC(=O)C1=NO[Te]2=C1C(C)=NO2. The number of hydrogen-bond donors (Lipinski definition) is 0. The van der Waals surface area contributed by atoms with E-state index in [0.29, 0.717) is 12.3 Å². The van der Waals surface area contributed by atoms with Crippen LogP contribution < -0.4 is 0 Å². The maximum absolute atomic E-state index is 11.4. The summed E-state index contributed by atoms with van der Waals surface area (Å²) in [5, 5.41) is 7.42. The topological polar surface area (TPSA) is 69.5 Å². The number of carbonyl (C=O) groups is 1. The van der Waals surface area contributed by atoms with E-state index in [9.17, 15) is 4.79 Å². The van der Waals surface area contributed by atoms with Crippen LogP contribution in [0, 0.1) is 0 Å². The minimum atomic E-state index is -2.34. The number of rotatable bonds is 2. The fraction of sp³-hybridized carbons (Fsp3) is 0.429. The monoisotopic (exact) mass is 314 g/mol. The van der Waals surface area contributed by atoms with E-state index in [-0.39, 0.29) is 5.71 Å². The molecule has 0 N–H and O–H groups in total. The molecule has 0 bridgehead atoms. The van der Waals surface area contributed by atoms with Gasteiger partial charge in [-0.05, 0) is 0 Å². The molecule has 0 atom stereocenters. The van der Waals surface area contributed by atoms with Crippen molar-refractivity contribution in [2.45, 2.75) is 13.8 Å². The molecule has 2 aliphatic rings. The Bertz CT molecular complexity index is 385. The van der Waals surface area contributed by atoms with Crippen molar-refractivity contribution in [2.75, 3.05) is 6.61 Å². The quantitative estimate of drug-likeness (QED) is 0.513. The van der Waals surface area contributed by atoms with Crippen molar-refractivity contribution in [3.8, 4) is 0 Å². The summed E-state index contributed by atoms with van der Waals surface area (Å²) in [5.41, 5.74) is 0.896. The van der Waals surface area contributed by atoms with Crippen molar-refractivity contribution in [1.82, 2.24) is 0 Å². The molecule has 76 valence electrons. The van der Waals surface area contributed by atoms with Crippen molar-refractivity contribution in [2.24, 2.45) is 10.3 Å². The normalized spacial score (nSPS) is 19.4. The second kappa shape index (κ2) is 3.67. The molecule has 0 radical (unpaired) electrons. The van der Waals surface area contributed by atoms with Crippen LogP contribution in [0.15, 0.2) is 10.3 Å². The molecular weight excluding hydrogens is 304 g/mol. The molecule has 2 aliphatic heterocycles. The summed E-state index contributed by atoms with van der Waals surface area (Å²) >= 11 is -2.34. The van der Waals surface area contributed by atoms with Gasteiger partial charge in [-0.2, -0.15) is 0 Å². The van der Waals surface area contributed by atoms with E-state index < -0.39 is 25.9 Å². The summed E-state index contributed by atoms with van der Waals surface area (Å²) in [6, 6.07) is 0. The van der Waals surface area contributed by atoms with Crippen LogP contribution in [0.4, 0.5) is 0 Å². The maximum atomic E-state index is 11.4. The van der Waals surface area contributed by atoms with Crippen LogP contribution in [0.3, 0.4) is 0 Å². The Morgan fingerprint density at radius 2 is 2.21 bits per heavy atom. The van der Waals surface area contributed by atoms with E-state index in [0.717, 1.165) is 3.55 Å². The Balaban J connectivity index is 2.23. The predicted molar refractivity (Wildman–Crippen MR) is 50.1 cm³/mol. The van der Waals surface area contributed by atoms with Crippen LogP contribution >= 0.6 is 0 Å². The van der Waals surface area contributed by atoms with E-state index in [1.54, 1.807) is 13.8 Å². The van der Waals surface area contributed by atoms with Crippen LogP contribution in [-0.4, -0.2) is 47.5 Å². The Labute approximate surface area is 87.7 Å². The molecule has 7 heteroatoms. The summed E-state index contributed by atoms with van der Waals surface area (Å²) in [7, 11) is 0. The Kier molecular flexibility index (Phi) is 2.52. The standard InChI is InChI=1S/C7H8N2O4Te/c1-3-11-7(10)5-6-4(2)8-12-14(6)13-9-5/h3H2,1-2H3. The van der Waals surface area contributed by atoms with Crippen LogP contribution in [-0.2, 0) is 15.9 Å². The minimum absolute atomic E-state index is 0.224. The van der Waals surface area contributed by atoms with Crippen LogP contribution in [0.25, 0.3) is 0 Å². The average Bonchev–Trinajstić information content (AvgIpc) is 2.70. The second-order valence-electron chi connectivity index (χ2n) is 2.55. The van der Waals surface area contributed by atoms with Crippen molar-refractivity contribution in [1.29, 1.82) is 0 Å². The zero-order valence-electron chi connectivity index (χ0n) is 7.64. The summed E-state index contributed by atoms with van der Waals surface area (Å²) < 4.78 is 15.6. The number of hydrogen-bond acceptors (Lipinski definition) is 6. The Morgan fingerprint density at radius 1 is 1.50 bits per heavy atom. The second-order valence-corrected chi connectivity index (χ2v) is 5.91. The van der Waals surface area contributed by atoms with E-state index in [1.165, 1.54) is 0 Å². The Hall–Kier alpha value is -0.930. The molecule has 6 nitrogen and oxygen atoms in total. The molecule has 0 spiro atoms. The number of oxime groups is 2. The van der Waals surface area contributed by atoms with Gasteiger partial charge in [-0.25, -0.2) is 0 Å². The number of esters is 1. The van der Waals surface area contributed by atoms with Gasteiger partial charge < -0.3 is 0 Å². The molecule has 0 aliphatic carbocycles. The molecule has 0 saturated heterocycles. The predicted octanol–water partition coefficient (Wildman–Crippen LogP) is -0.416. The van der Waals surface area contributed by atoms with E-state index in [4.69, 9.17) is 11.1 Å². The van der Waals surface area contributed by atoms with Crippen molar-refractivity contribution in [3.05, 3.63) is 0 Å². The zero-order chi connectivity index (χ0) is 10.1. The van der Waals surface area contributed by atoms with Crippen molar-refractivity contribution in [3.63, 3.8) is 0 Å². The van der Waals surface area contributed by atoms with E-state index >= 15 is 0 Å². The van der Waals surface area contributed by atoms with E-state index in [2.05, 4.69) is 10.3 Å². The van der Waals surface area contributed by atoms with Crippen LogP contribution in [0.2, 0.25) is 0 Å². The third-order valence-electron chi connectivity index (χ3n) is 1.62. The summed E-state index contributed by atoms with van der Waals surface area (Å²) in [5.74, 6) is -0.467. The first kappa shape index (κ1) is 9.62. The molecule has 2 rings (SSSR count). The molecule has 0 aromatic rings. The fourth-order valence-corrected chi connectivity index (χ4v) is 4.04. The molecule has 0 saturated carbocycles. The molecule has 0 fully saturated rings. The van der Waals surface area contributed by atoms with Gasteiger partial charge in [0, 0.05) is 0 Å². The molecule has 14 heavy (non-hydrogen) atoms. The molecule has 0 aromatic carbocycles. The molecule has 0 aromatic heterocycles. The summed E-state index contributed by atoms with van der Waals surface area (Å²) in [6.45, 7) is 3.82. The van der Waals surface area contributed by atoms with Gasteiger partial charge in [-0.1, -0.05) is 0 Å². The first-order valence-corrected chi connectivity index (χ1v) is 7.07. The summed E-state index contributed by atoms with van der Waals surface area (Å²) in [6.07, 6.45) is 0. The fourth-order valence-electron chi connectivity index (χ4n) is 1.03. The van der Waals surface area contributed by atoms with Crippen LogP contribution in [0.5, 0.6) is 0 Å². The van der Waals surface area contributed by atoms with Crippen molar-refractivity contribution >= 4 is 40.8 Å². The average molecular weight is 312 g/mol.